The van der Waals surface area contributed by atoms with Crippen molar-refractivity contribution < 1.29 is 24.2 Å². The Balaban J connectivity index is 1.54. The van der Waals surface area contributed by atoms with Gasteiger partial charge in [-0.1, -0.05) is 36.8 Å². The number of nitrogens with zero attached hydrogens (tertiary/aromatic N) is 2. The van der Waals surface area contributed by atoms with E-state index in [0.29, 0.717) is 17.7 Å². The van der Waals surface area contributed by atoms with Gasteiger partial charge in [0, 0.05) is 47.6 Å². The van der Waals surface area contributed by atoms with Crippen LogP contribution >= 0.6 is 0 Å². The summed E-state index contributed by atoms with van der Waals surface area (Å²) in [5, 5.41) is 13.7. The number of aliphatic carboxylic acids is 1. The summed E-state index contributed by atoms with van der Waals surface area (Å²) in [4.78, 5) is 51.9. The molecule has 2 N–H and O–H groups in total. The van der Waals surface area contributed by atoms with E-state index in [9.17, 15) is 19.2 Å². The number of benzene rings is 2. The molecule has 0 atom stereocenters. The number of unbranched alkanes of at least 4 members (excludes halogenated alkanes) is 2. The lowest BCUT2D eigenvalue weighted by atomic mass is 9.95. The van der Waals surface area contributed by atoms with Crippen LogP contribution in [0.5, 0.6) is 0 Å². The molecule has 0 aliphatic carbocycles. The lowest BCUT2D eigenvalue weighted by molar-refractivity contribution is -0.141. The van der Waals surface area contributed by atoms with Gasteiger partial charge in [-0.15, -0.1) is 0 Å². The van der Waals surface area contributed by atoms with Gasteiger partial charge in [-0.25, -0.2) is 0 Å². The van der Waals surface area contributed by atoms with Crippen molar-refractivity contribution in [1.82, 2.24) is 9.55 Å². The highest BCUT2D eigenvalue weighted by Gasteiger charge is 2.13. The SMILES string of the molecule is COC(=O)Cn1cc(NC(=O)c2cccc(-c3cncc4c(CCCCCC(=O)O)cccc34)c2)ccc1=O. The van der Waals surface area contributed by atoms with E-state index < -0.39 is 11.9 Å². The first-order valence-electron chi connectivity index (χ1n) is 12.6. The van der Waals surface area contributed by atoms with Crippen LogP contribution in [-0.2, 0) is 27.3 Å². The molecule has 0 aliphatic heterocycles. The number of fused-ring (bicyclic) bond motifs is 1. The van der Waals surface area contributed by atoms with Crippen molar-refractivity contribution in [3.05, 3.63) is 94.7 Å². The Morgan fingerprint density at radius 1 is 0.974 bits per heavy atom. The van der Waals surface area contributed by atoms with Crippen molar-refractivity contribution in [2.75, 3.05) is 12.4 Å². The second kappa shape index (κ2) is 12.6. The number of carbonyl (C=O) groups is 3. The molecule has 0 unspecified atom stereocenters. The molecule has 2 aromatic carbocycles. The van der Waals surface area contributed by atoms with Crippen molar-refractivity contribution in [2.24, 2.45) is 0 Å². The minimum atomic E-state index is -0.771. The highest BCUT2D eigenvalue weighted by Crippen LogP contribution is 2.31. The summed E-state index contributed by atoms with van der Waals surface area (Å²) in [6.07, 6.45) is 8.41. The Morgan fingerprint density at radius 3 is 2.59 bits per heavy atom. The molecule has 2 heterocycles. The molecular formula is C30H29N3O6. The van der Waals surface area contributed by atoms with E-state index in [-0.39, 0.29) is 24.4 Å². The van der Waals surface area contributed by atoms with Crippen molar-refractivity contribution in [2.45, 2.75) is 38.6 Å². The molecular weight excluding hydrogens is 498 g/mol. The van der Waals surface area contributed by atoms with E-state index in [1.807, 2.05) is 24.4 Å². The number of aromatic nitrogens is 2. The molecule has 200 valence electrons. The van der Waals surface area contributed by atoms with E-state index in [4.69, 9.17) is 5.11 Å². The highest BCUT2D eigenvalue weighted by atomic mass is 16.5. The number of amides is 1. The number of pyridine rings is 2. The van der Waals surface area contributed by atoms with Crippen molar-refractivity contribution >= 4 is 34.3 Å². The molecule has 0 saturated carbocycles. The molecule has 1 amide bonds. The third-order valence-corrected chi connectivity index (χ3v) is 6.43. The number of hydrogen-bond donors (Lipinski definition) is 2. The van der Waals surface area contributed by atoms with Crippen molar-refractivity contribution in [1.29, 1.82) is 0 Å². The highest BCUT2D eigenvalue weighted by molar-refractivity contribution is 6.06. The topological polar surface area (TPSA) is 128 Å². The van der Waals surface area contributed by atoms with Crippen LogP contribution in [0, 0.1) is 0 Å². The number of aryl methyl sites for hydroxylation is 1. The first kappa shape index (κ1) is 27.3. The minimum Gasteiger partial charge on any atom is -0.481 e. The zero-order valence-corrected chi connectivity index (χ0v) is 21.6. The number of rotatable bonds is 11. The van der Waals surface area contributed by atoms with Gasteiger partial charge in [-0.05, 0) is 54.0 Å². The summed E-state index contributed by atoms with van der Waals surface area (Å²) in [5.74, 6) is -1.71. The largest absolute Gasteiger partial charge is 0.481 e. The monoisotopic (exact) mass is 527 g/mol. The average molecular weight is 528 g/mol. The summed E-state index contributed by atoms with van der Waals surface area (Å²) >= 11 is 0. The molecule has 9 heteroatoms. The van der Waals surface area contributed by atoms with Crippen LogP contribution in [0.1, 0.15) is 41.6 Å². The third-order valence-electron chi connectivity index (χ3n) is 6.43. The van der Waals surface area contributed by atoms with Gasteiger partial charge in [0.25, 0.3) is 11.5 Å². The molecule has 9 nitrogen and oxygen atoms in total. The van der Waals surface area contributed by atoms with E-state index in [0.717, 1.165) is 46.7 Å². The van der Waals surface area contributed by atoms with Crippen LogP contribution in [-0.4, -0.2) is 39.6 Å². The van der Waals surface area contributed by atoms with Crippen LogP contribution in [0.3, 0.4) is 0 Å². The quantitative estimate of drug-likeness (QED) is 0.214. The Hall–Kier alpha value is -4.79. The van der Waals surface area contributed by atoms with Gasteiger partial charge in [-0.2, -0.15) is 0 Å². The summed E-state index contributed by atoms with van der Waals surface area (Å²) in [6, 6.07) is 16.1. The van der Waals surface area contributed by atoms with Gasteiger partial charge < -0.3 is 19.7 Å². The predicted molar refractivity (Wildman–Crippen MR) is 148 cm³/mol. The summed E-state index contributed by atoms with van der Waals surface area (Å²) in [7, 11) is 1.24. The maximum absolute atomic E-state index is 13.1. The van der Waals surface area contributed by atoms with Crippen molar-refractivity contribution in [3.8, 4) is 11.1 Å². The molecule has 4 rings (SSSR count). The molecule has 4 aromatic rings. The standard InChI is InChI=1S/C30H29N3O6/c1-39-29(37)19-33-18-23(13-14-27(33)34)32-30(38)22-10-5-9-21(15-22)26-17-31-16-25-20(8-6-11-24(25)26)7-3-2-4-12-28(35)36/h5-6,8-11,13-18H,2-4,7,12,19H2,1H3,(H,32,38)(H,35,36). The predicted octanol–water partition coefficient (Wildman–Crippen LogP) is 4.68. The zero-order valence-electron chi connectivity index (χ0n) is 21.6. The number of hydrogen-bond acceptors (Lipinski definition) is 6. The fraction of sp³-hybridized carbons (Fsp3) is 0.233. The second-order valence-corrected chi connectivity index (χ2v) is 9.15. The molecule has 0 aliphatic rings. The number of methoxy groups -OCH3 is 1. The Morgan fingerprint density at radius 2 is 1.79 bits per heavy atom. The first-order chi connectivity index (χ1) is 18.9. The van der Waals surface area contributed by atoms with Crippen LogP contribution in [0.2, 0.25) is 0 Å². The molecule has 0 bridgehead atoms. The number of nitrogens with one attached hydrogen (secondary N) is 1. The molecule has 0 spiro atoms. The maximum atomic E-state index is 13.1. The Labute approximate surface area is 225 Å². The van der Waals surface area contributed by atoms with E-state index >= 15 is 0 Å². The van der Waals surface area contributed by atoms with E-state index in [2.05, 4.69) is 21.1 Å². The van der Waals surface area contributed by atoms with Gasteiger partial charge in [0.2, 0.25) is 0 Å². The molecule has 2 aromatic heterocycles. The van der Waals surface area contributed by atoms with Crippen LogP contribution < -0.4 is 10.9 Å². The van der Waals surface area contributed by atoms with Gasteiger partial charge in [0.15, 0.2) is 0 Å². The third kappa shape index (κ3) is 6.95. The summed E-state index contributed by atoms with van der Waals surface area (Å²) < 4.78 is 5.79. The average Bonchev–Trinajstić information content (AvgIpc) is 2.94. The minimum absolute atomic E-state index is 0.183. The molecule has 0 fully saturated rings. The fourth-order valence-corrected chi connectivity index (χ4v) is 4.44. The number of carboxylic acids is 1. The molecule has 39 heavy (non-hydrogen) atoms. The van der Waals surface area contributed by atoms with E-state index in [1.54, 1.807) is 24.4 Å². The normalized spacial score (nSPS) is 10.8. The first-order valence-corrected chi connectivity index (χ1v) is 12.6. The fourth-order valence-electron chi connectivity index (χ4n) is 4.44. The van der Waals surface area contributed by atoms with Gasteiger partial charge in [0.05, 0.1) is 12.8 Å². The Bertz CT molecular complexity index is 1580. The number of esters is 1. The van der Waals surface area contributed by atoms with Gasteiger partial charge >= 0.3 is 11.9 Å². The van der Waals surface area contributed by atoms with Gasteiger partial charge in [0.1, 0.15) is 6.54 Å². The van der Waals surface area contributed by atoms with Crippen LogP contribution in [0.4, 0.5) is 5.69 Å². The maximum Gasteiger partial charge on any atom is 0.325 e. The number of ether oxygens (including phenoxy) is 1. The summed E-state index contributed by atoms with van der Waals surface area (Å²) in [5.41, 5.74) is 3.27. The zero-order chi connectivity index (χ0) is 27.8. The molecule has 0 saturated heterocycles. The number of carbonyl (C=O) groups excluding carboxylic acids is 2. The van der Waals surface area contributed by atoms with Crippen LogP contribution in [0.15, 0.2) is 78.0 Å². The second-order valence-electron chi connectivity index (χ2n) is 9.15. The smallest absolute Gasteiger partial charge is 0.325 e. The molecule has 0 radical (unpaired) electrons. The number of carboxylic acid groups (broad SMARTS) is 1. The van der Waals surface area contributed by atoms with E-state index in [1.165, 1.54) is 30.0 Å². The Kier molecular flexibility index (Phi) is 8.83. The lowest BCUT2D eigenvalue weighted by Gasteiger charge is -2.12. The van der Waals surface area contributed by atoms with Crippen LogP contribution in [0.25, 0.3) is 21.9 Å². The number of anilines is 1. The van der Waals surface area contributed by atoms with Gasteiger partial charge in [-0.3, -0.25) is 24.2 Å². The lowest BCUT2D eigenvalue weighted by Crippen LogP contribution is -2.24. The van der Waals surface area contributed by atoms with Crippen molar-refractivity contribution in [3.63, 3.8) is 0 Å². The summed E-state index contributed by atoms with van der Waals surface area (Å²) in [6.45, 7) is -0.257.